The Hall–Kier alpha value is -2.96. The van der Waals surface area contributed by atoms with Crippen LogP contribution in [0, 0.1) is 13.8 Å². The molecule has 1 heterocycles. The van der Waals surface area contributed by atoms with E-state index in [2.05, 4.69) is 10.4 Å². The van der Waals surface area contributed by atoms with Crippen LogP contribution in [0.3, 0.4) is 0 Å². The summed E-state index contributed by atoms with van der Waals surface area (Å²) >= 11 is 12.5. The number of hydrogen-bond acceptors (Lipinski definition) is 4. The van der Waals surface area contributed by atoms with Crippen LogP contribution in [0.4, 0.5) is 5.69 Å². The molecule has 0 aliphatic carbocycles. The first-order chi connectivity index (χ1) is 14.8. The predicted octanol–water partition coefficient (Wildman–Crippen LogP) is 5.52. The number of halogens is 2. The average Bonchev–Trinajstić information content (AvgIpc) is 3.01. The Labute approximate surface area is 191 Å². The number of benzene rings is 2. The molecule has 0 saturated carbocycles. The SMILES string of the molecule is COc1cc(Cl)c(NC(=O)C=Cc2c(C)nn(Cc3ccccc3Cl)c2C)cc1OC. The quantitative estimate of drug-likeness (QED) is 0.472. The first kappa shape index (κ1) is 22.7. The maximum atomic E-state index is 12.5. The Balaban J connectivity index is 1.77. The first-order valence-corrected chi connectivity index (χ1v) is 10.3. The van der Waals surface area contributed by atoms with Crippen molar-refractivity contribution in [2.75, 3.05) is 19.5 Å². The van der Waals surface area contributed by atoms with Gasteiger partial charge in [0.2, 0.25) is 5.91 Å². The highest BCUT2D eigenvalue weighted by atomic mass is 35.5. The monoisotopic (exact) mass is 459 g/mol. The van der Waals surface area contributed by atoms with Gasteiger partial charge in [0.1, 0.15) is 0 Å². The average molecular weight is 460 g/mol. The van der Waals surface area contributed by atoms with Gasteiger partial charge in [-0.05, 0) is 31.6 Å². The summed E-state index contributed by atoms with van der Waals surface area (Å²) in [4.78, 5) is 12.5. The topological polar surface area (TPSA) is 65.4 Å². The summed E-state index contributed by atoms with van der Waals surface area (Å²) < 4.78 is 12.3. The Kier molecular flexibility index (Phi) is 7.25. The number of nitrogens with zero attached hydrogens (tertiary/aromatic N) is 2. The summed E-state index contributed by atoms with van der Waals surface area (Å²) in [5, 5.41) is 8.39. The Bertz CT molecular complexity index is 1140. The number of carbonyl (C=O) groups is 1. The van der Waals surface area contributed by atoms with Gasteiger partial charge in [-0.2, -0.15) is 5.10 Å². The van der Waals surface area contributed by atoms with E-state index in [4.69, 9.17) is 32.7 Å². The first-order valence-electron chi connectivity index (χ1n) is 9.52. The maximum absolute atomic E-state index is 12.5. The Morgan fingerprint density at radius 2 is 1.77 bits per heavy atom. The van der Waals surface area contributed by atoms with Crippen molar-refractivity contribution in [1.82, 2.24) is 9.78 Å². The lowest BCUT2D eigenvalue weighted by atomic mass is 10.1. The van der Waals surface area contributed by atoms with E-state index in [1.54, 1.807) is 18.2 Å². The number of nitrogens with one attached hydrogen (secondary N) is 1. The standard InChI is InChI=1S/C23H23Cl2N3O3/c1-14-17(15(2)28(27-14)13-16-7-5-6-8-18(16)24)9-10-23(29)26-20-12-22(31-4)21(30-3)11-19(20)25/h5-12H,13H2,1-4H3,(H,26,29). The molecular weight excluding hydrogens is 437 g/mol. The molecule has 1 amide bonds. The van der Waals surface area contributed by atoms with Crippen molar-refractivity contribution < 1.29 is 14.3 Å². The number of rotatable bonds is 7. The lowest BCUT2D eigenvalue weighted by Gasteiger charge is -2.11. The van der Waals surface area contributed by atoms with E-state index < -0.39 is 0 Å². The van der Waals surface area contributed by atoms with E-state index >= 15 is 0 Å². The number of anilines is 1. The number of carbonyl (C=O) groups excluding carboxylic acids is 1. The largest absolute Gasteiger partial charge is 0.493 e. The highest BCUT2D eigenvalue weighted by Gasteiger charge is 2.13. The Morgan fingerprint density at radius 1 is 1.10 bits per heavy atom. The van der Waals surface area contributed by atoms with Crippen LogP contribution in [-0.4, -0.2) is 29.9 Å². The summed E-state index contributed by atoms with van der Waals surface area (Å²) in [5.74, 6) is 0.628. The molecule has 0 atom stereocenters. The van der Waals surface area contributed by atoms with Crippen LogP contribution in [0.5, 0.6) is 11.5 Å². The lowest BCUT2D eigenvalue weighted by molar-refractivity contribution is -0.111. The number of methoxy groups -OCH3 is 2. The van der Waals surface area contributed by atoms with Gasteiger partial charge < -0.3 is 14.8 Å². The smallest absolute Gasteiger partial charge is 0.248 e. The third-order valence-corrected chi connectivity index (χ3v) is 5.53. The zero-order chi connectivity index (χ0) is 22.5. The van der Waals surface area contributed by atoms with Crippen molar-refractivity contribution in [3.05, 3.63) is 75.0 Å². The van der Waals surface area contributed by atoms with E-state index in [9.17, 15) is 4.79 Å². The normalized spacial score (nSPS) is 11.0. The minimum absolute atomic E-state index is 0.327. The van der Waals surface area contributed by atoms with Crippen molar-refractivity contribution in [2.45, 2.75) is 20.4 Å². The second kappa shape index (κ2) is 9.90. The predicted molar refractivity (Wildman–Crippen MR) is 124 cm³/mol. The van der Waals surface area contributed by atoms with Gasteiger partial charge in [0, 0.05) is 34.5 Å². The van der Waals surface area contributed by atoms with Crippen molar-refractivity contribution in [1.29, 1.82) is 0 Å². The number of ether oxygens (including phenoxy) is 2. The Morgan fingerprint density at radius 3 is 2.45 bits per heavy atom. The van der Waals surface area contributed by atoms with Gasteiger partial charge in [0.05, 0.1) is 37.2 Å². The summed E-state index contributed by atoms with van der Waals surface area (Å²) in [5.41, 5.74) is 4.03. The van der Waals surface area contributed by atoms with E-state index in [0.717, 1.165) is 22.5 Å². The molecule has 0 bridgehead atoms. The minimum Gasteiger partial charge on any atom is -0.493 e. The van der Waals surface area contributed by atoms with Gasteiger partial charge in [0.25, 0.3) is 0 Å². The van der Waals surface area contributed by atoms with Gasteiger partial charge in [0.15, 0.2) is 11.5 Å². The maximum Gasteiger partial charge on any atom is 0.248 e. The van der Waals surface area contributed by atoms with Crippen molar-refractivity contribution in [2.24, 2.45) is 0 Å². The van der Waals surface area contributed by atoms with Crippen LogP contribution < -0.4 is 14.8 Å². The van der Waals surface area contributed by atoms with Crippen LogP contribution in [0.15, 0.2) is 42.5 Å². The number of aromatic nitrogens is 2. The zero-order valence-electron chi connectivity index (χ0n) is 17.7. The molecule has 0 unspecified atom stereocenters. The number of hydrogen-bond donors (Lipinski definition) is 1. The van der Waals surface area contributed by atoms with Gasteiger partial charge in [-0.25, -0.2) is 0 Å². The highest BCUT2D eigenvalue weighted by Crippen LogP contribution is 2.36. The third-order valence-electron chi connectivity index (χ3n) is 4.85. The minimum atomic E-state index is -0.327. The van der Waals surface area contributed by atoms with Crippen molar-refractivity contribution in [3.63, 3.8) is 0 Å². The van der Waals surface area contributed by atoms with Gasteiger partial charge >= 0.3 is 0 Å². The zero-order valence-corrected chi connectivity index (χ0v) is 19.2. The van der Waals surface area contributed by atoms with Crippen LogP contribution in [0.25, 0.3) is 6.08 Å². The molecule has 0 spiro atoms. The number of aryl methyl sites for hydroxylation is 1. The van der Waals surface area contributed by atoms with E-state index in [1.807, 2.05) is 42.8 Å². The fraction of sp³-hybridized carbons (Fsp3) is 0.217. The van der Waals surface area contributed by atoms with E-state index in [-0.39, 0.29) is 5.91 Å². The second-order valence-corrected chi connectivity index (χ2v) is 7.66. The fourth-order valence-electron chi connectivity index (χ4n) is 3.18. The van der Waals surface area contributed by atoms with E-state index in [1.165, 1.54) is 20.3 Å². The molecule has 1 N–H and O–H groups in total. The molecule has 0 radical (unpaired) electrons. The third kappa shape index (κ3) is 5.21. The lowest BCUT2D eigenvalue weighted by Crippen LogP contribution is -2.08. The molecule has 1 aromatic heterocycles. The summed E-state index contributed by atoms with van der Waals surface area (Å²) in [6.07, 6.45) is 3.19. The summed E-state index contributed by atoms with van der Waals surface area (Å²) in [7, 11) is 3.04. The fourth-order valence-corrected chi connectivity index (χ4v) is 3.57. The molecule has 6 nitrogen and oxygen atoms in total. The molecule has 8 heteroatoms. The van der Waals surface area contributed by atoms with Crippen LogP contribution in [-0.2, 0) is 11.3 Å². The molecular formula is C23H23Cl2N3O3. The molecule has 3 aromatic rings. The summed E-state index contributed by atoms with van der Waals surface area (Å²) in [6, 6.07) is 10.9. The molecule has 0 aliphatic rings. The molecule has 0 aliphatic heterocycles. The van der Waals surface area contributed by atoms with Gasteiger partial charge in [-0.1, -0.05) is 41.4 Å². The molecule has 2 aromatic carbocycles. The van der Waals surface area contributed by atoms with Gasteiger partial charge in [-0.15, -0.1) is 0 Å². The highest BCUT2D eigenvalue weighted by molar-refractivity contribution is 6.34. The van der Waals surface area contributed by atoms with Crippen LogP contribution in [0.1, 0.15) is 22.5 Å². The molecule has 31 heavy (non-hydrogen) atoms. The number of amides is 1. The van der Waals surface area contributed by atoms with Crippen LogP contribution >= 0.6 is 23.2 Å². The van der Waals surface area contributed by atoms with Crippen molar-refractivity contribution >= 4 is 40.9 Å². The van der Waals surface area contributed by atoms with Crippen molar-refractivity contribution in [3.8, 4) is 11.5 Å². The molecule has 0 fully saturated rings. The van der Waals surface area contributed by atoms with E-state index in [0.29, 0.717) is 33.8 Å². The van der Waals surface area contributed by atoms with Gasteiger partial charge in [-0.3, -0.25) is 9.48 Å². The second-order valence-electron chi connectivity index (χ2n) is 6.84. The molecule has 0 saturated heterocycles. The summed E-state index contributed by atoms with van der Waals surface area (Å²) in [6.45, 7) is 4.41. The molecule has 162 valence electrons. The van der Waals surface area contributed by atoms with Crippen LogP contribution in [0.2, 0.25) is 10.0 Å². The molecule has 3 rings (SSSR count).